The van der Waals surface area contributed by atoms with Crippen molar-refractivity contribution in [2.45, 2.75) is 45.2 Å². The second-order valence-electron chi connectivity index (χ2n) is 6.10. The second kappa shape index (κ2) is 5.41. The van der Waals surface area contributed by atoms with E-state index in [0.717, 1.165) is 5.69 Å². The van der Waals surface area contributed by atoms with Crippen LogP contribution in [0.1, 0.15) is 55.6 Å². The first-order valence-electron chi connectivity index (χ1n) is 7.53. The van der Waals surface area contributed by atoms with E-state index in [0.29, 0.717) is 12.0 Å². The molecule has 1 aliphatic rings. The summed E-state index contributed by atoms with van der Waals surface area (Å²) in [6, 6.07) is 9.21. The van der Waals surface area contributed by atoms with Crippen molar-refractivity contribution in [3.63, 3.8) is 0 Å². The SMILES string of the molecule is CC(C)C(N)c1cncn1C1CCCc2ccccc21. The second-order valence-corrected chi connectivity index (χ2v) is 6.10. The molecule has 106 valence electrons. The number of nitrogens with zero attached hydrogens (tertiary/aromatic N) is 2. The molecule has 2 unspecified atom stereocenters. The van der Waals surface area contributed by atoms with Crippen molar-refractivity contribution >= 4 is 0 Å². The van der Waals surface area contributed by atoms with E-state index in [1.165, 1.54) is 30.4 Å². The van der Waals surface area contributed by atoms with E-state index in [1.54, 1.807) is 0 Å². The topological polar surface area (TPSA) is 43.8 Å². The summed E-state index contributed by atoms with van der Waals surface area (Å²) in [5.74, 6) is 0.421. The molecule has 1 aromatic carbocycles. The normalized spacial score (nSPS) is 19.9. The largest absolute Gasteiger partial charge is 0.326 e. The van der Waals surface area contributed by atoms with Crippen LogP contribution in [0.3, 0.4) is 0 Å². The lowest BCUT2D eigenvalue weighted by Crippen LogP contribution is -2.24. The van der Waals surface area contributed by atoms with Gasteiger partial charge >= 0.3 is 0 Å². The summed E-state index contributed by atoms with van der Waals surface area (Å²) in [4.78, 5) is 4.36. The Hall–Kier alpha value is -1.61. The number of nitrogens with two attached hydrogens (primary N) is 1. The van der Waals surface area contributed by atoms with Gasteiger partial charge in [-0.25, -0.2) is 4.98 Å². The van der Waals surface area contributed by atoms with Gasteiger partial charge in [-0.2, -0.15) is 0 Å². The third kappa shape index (κ3) is 2.27. The van der Waals surface area contributed by atoms with Gasteiger partial charge in [-0.15, -0.1) is 0 Å². The van der Waals surface area contributed by atoms with Crippen LogP contribution >= 0.6 is 0 Å². The highest BCUT2D eigenvalue weighted by Gasteiger charge is 2.25. The Labute approximate surface area is 120 Å². The lowest BCUT2D eigenvalue weighted by molar-refractivity contribution is 0.430. The molecule has 0 radical (unpaired) electrons. The van der Waals surface area contributed by atoms with Gasteiger partial charge in [-0.3, -0.25) is 0 Å². The maximum Gasteiger partial charge on any atom is 0.0954 e. The van der Waals surface area contributed by atoms with Crippen LogP contribution in [0.5, 0.6) is 0 Å². The first-order chi connectivity index (χ1) is 9.68. The van der Waals surface area contributed by atoms with E-state index in [1.807, 2.05) is 12.5 Å². The van der Waals surface area contributed by atoms with Gasteiger partial charge in [0.2, 0.25) is 0 Å². The van der Waals surface area contributed by atoms with Crippen LogP contribution in [0.15, 0.2) is 36.8 Å². The number of hydrogen-bond donors (Lipinski definition) is 1. The highest BCUT2D eigenvalue weighted by Crippen LogP contribution is 2.35. The first kappa shape index (κ1) is 13.4. The van der Waals surface area contributed by atoms with Crippen LogP contribution in [0.25, 0.3) is 0 Å². The van der Waals surface area contributed by atoms with Crippen LogP contribution in [0, 0.1) is 5.92 Å². The molecule has 1 heterocycles. The molecule has 0 fully saturated rings. The van der Waals surface area contributed by atoms with Crippen molar-refractivity contribution in [1.29, 1.82) is 0 Å². The van der Waals surface area contributed by atoms with Crippen molar-refractivity contribution in [3.05, 3.63) is 53.6 Å². The summed E-state index contributed by atoms with van der Waals surface area (Å²) in [5, 5.41) is 0. The van der Waals surface area contributed by atoms with Gasteiger partial charge in [0.1, 0.15) is 0 Å². The molecular formula is C17H23N3. The molecule has 0 saturated heterocycles. The third-order valence-electron chi connectivity index (χ3n) is 4.43. The van der Waals surface area contributed by atoms with E-state index < -0.39 is 0 Å². The molecule has 0 bridgehead atoms. The zero-order chi connectivity index (χ0) is 14.1. The smallest absolute Gasteiger partial charge is 0.0954 e. The predicted molar refractivity (Wildman–Crippen MR) is 81.5 cm³/mol. The van der Waals surface area contributed by atoms with Crippen LogP contribution in [-0.4, -0.2) is 9.55 Å². The van der Waals surface area contributed by atoms with E-state index in [2.05, 4.69) is 47.7 Å². The van der Waals surface area contributed by atoms with Crippen LogP contribution in [0.4, 0.5) is 0 Å². The number of imidazole rings is 1. The average molecular weight is 269 g/mol. The Morgan fingerprint density at radius 3 is 2.90 bits per heavy atom. The van der Waals surface area contributed by atoms with Crippen molar-refractivity contribution in [3.8, 4) is 0 Å². The first-order valence-corrected chi connectivity index (χ1v) is 7.53. The van der Waals surface area contributed by atoms with Gasteiger partial charge in [-0.1, -0.05) is 38.1 Å². The minimum atomic E-state index is 0.0478. The van der Waals surface area contributed by atoms with Gasteiger partial charge in [0, 0.05) is 12.2 Å². The summed E-state index contributed by atoms with van der Waals surface area (Å²) in [6.07, 6.45) is 7.47. The van der Waals surface area contributed by atoms with Gasteiger partial charge in [0.25, 0.3) is 0 Å². The number of rotatable bonds is 3. The minimum absolute atomic E-state index is 0.0478. The van der Waals surface area contributed by atoms with Gasteiger partial charge < -0.3 is 10.3 Å². The Morgan fingerprint density at radius 2 is 2.10 bits per heavy atom. The van der Waals surface area contributed by atoms with Crippen molar-refractivity contribution in [2.24, 2.45) is 11.7 Å². The Bertz CT molecular complexity index is 585. The number of aromatic nitrogens is 2. The van der Waals surface area contributed by atoms with Crippen molar-refractivity contribution in [2.75, 3.05) is 0 Å². The lowest BCUT2D eigenvalue weighted by Gasteiger charge is -2.29. The number of fused-ring (bicyclic) bond motifs is 1. The summed E-state index contributed by atoms with van der Waals surface area (Å²) in [7, 11) is 0. The molecule has 1 aliphatic carbocycles. The molecule has 0 saturated carbocycles. The Kier molecular flexibility index (Phi) is 3.62. The maximum absolute atomic E-state index is 6.35. The van der Waals surface area contributed by atoms with Crippen LogP contribution in [-0.2, 0) is 6.42 Å². The highest BCUT2D eigenvalue weighted by molar-refractivity contribution is 5.33. The molecule has 3 heteroatoms. The standard InChI is InChI=1S/C17H23N3/c1-12(2)17(18)16-10-19-11-20(16)15-9-5-7-13-6-3-4-8-14(13)15/h3-4,6,8,10-12,15,17H,5,7,9,18H2,1-2H3. The Balaban J connectivity index is 2.01. The third-order valence-corrected chi connectivity index (χ3v) is 4.43. The molecule has 2 atom stereocenters. The summed E-state index contributed by atoms with van der Waals surface area (Å²) in [5.41, 5.74) is 10.4. The molecule has 0 spiro atoms. The number of benzene rings is 1. The van der Waals surface area contributed by atoms with E-state index >= 15 is 0 Å². The van der Waals surface area contributed by atoms with E-state index in [-0.39, 0.29) is 6.04 Å². The quantitative estimate of drug-likeness (QED) is 0.927. The summed E-state index contributed by atoms with van der Waals surface area (Å²) in [6.45, 7) is 4.33. The highest BCUT2D eigenvalue weighted by atomic mass is 15.1. The van der Waals surface area contributed by atoms with Crippen molar-refractivity contribution in [1.82, 2.24) is 9.55 Å². The molecule has 0 amide bonds. The average Bonchev–Trinajstić information content (AvgIpc) is 2.94. The molecule has 1 aromatic heterocycles. The fourth-order valence-electron chi connectivity index (χ4n) is 3.19. The number of aryl methyl sites for hydroxylation is 1. The zero-order valence-corrected chi connectivity index (χ0v) is 12.3. The Morgan fingerprint density at radius 1 is 1.30 bits per heavy atom. The molecule has 0 aliphatic heterocycles. The van der Waals surface area contributed by atoms with E-state index in [4.69, 9.17) is 5.73 Å². The zero-order valence-electron chi connectivity index (χ0n) is 12.3. The maximum atomic E-state index is 6.35. The molecule has 2 aromatic rings. The molecule has 3 nitrogen and oxygen atoms in total. The summed E-state index contributed by atoms with van der Waals surface area (Å²) < 4.78 is 2.29. The van der Waals surface area contributed by atoms with E-state index in [9.17, 15) is 0 Å². The fraction of sp³-hybridized carbons (Fsp3) is 0.471. The molecule has 3 rings (SSSR count). The van der Waals surface area contributed by atoms with Gasteiger partial charge in [-0.05, 0) is 36.3 Å². The minimum Gasteiger partial charge on any atom is -0.326 e. The fourth-order valence-corrected chi connectivity index (χ4v) is 3.19. The molecule has 2 N–H and O–H groups in total. The van der Waals surface area contributed by atoms with Gasteiger partial charge in [0.15, 0.2) is 0 Å². The monoisotopic (exact) mass is 269 g/mol. The summed E-state index contributed by atoms with van der Waals surface area (Å²) >= 11 is 0. The predicted octanol–water partition coefficient (Wildman–Crippen LogP) is 3.46. The molecular weight excluding hydrogens is 246 g/mol. The van der Waals surface area contributed by atoms with Crippen LogP contribution in [0.2, 0.25) is 0 Å². The van der Waals surface area contributed by atoms with Gasteiger partial charge in [0.05, 0.1) is 18.1 Å². The number of hydrogen-bond acceptors (Lipinski definition) is 2. The van der Waals surface area contributed by atoms with Crippen molar-refractivity contribution < 1.29 is 0 Å². The lowest BCUT2D eigenvalue weighted by atomic mass is 9.87. The van der Waals surface area contributed by atoms with Crippen LogP contribution < -0.4 is 5.73 Å². The molecule has 20 heavy (non-hydrogen) atoms.